The Morgan fingerprint density at radius 3 is 2.13 bits per heavy atom. The third kappa shape index (κ3) is 3.23. The van der Waals surface area contributed by atoms with Crippen LogP contribution in [0.5, 0.6) is 0 Å². The van der Waals surface area contributed by atoms with Gasteiger partial charge in [-0.3, -0.25) is 4.31 Å². The first-order chi connectivity index (χ1) is 6.84. The summed E-state index contributed by atoms with van der Waals surface area (Å²) in [7, 11) is 0.105. The molecule has 0 saturated heterocycles. The van der Waals surface area contributed by atoms with E-state index in [0.29, 0.717) is 5.82 Å². The molecule has 0 spiro atoms. The quantitative estimate of drug-likeness (QED) is 0.770. The van der Waals surface area contributed by atoms with Gasteiger partial charge >= 0.3 is 0 Å². The van der Waals surface area contributed by atoms with Crippen molar-refractivity contribution >= 4 is 15.8 Å². The van der Waals surface area contributed by atoms with Crippen molar-refractivity contribution in [2.75, 3.05) is 17.6 Å². The number of anilines is 1. The molecule has 1 aromatic rings. The normalized spacial score (nSPS) is 10.5. The second-order valence-electron chi connectivity index (χ2n) is 2.99. The Kier molecular flexibility index (Phi) is 4.80. The molecule has 0 aliphatic rings. The van der Waals surface area contributed by atoms with Crippen LogP contribution in [0.15, 0.2) is 6.33 Å². The molecule has 0 aromatic carbocycles. The van der Waals surface area contributed by atoms with Gasteiger partial charge in [-0.25, -0.2) is 13.4 Å². The molecule has 0 aliphatic carbocycles. The van der Waals surface area contributed by atoms with Crippen LogP contribution in [-0.2, 0) is 17.1 Å². The lowest BCUT2D eigenvalue weighted by atomic mass is 10.5. The second-order valence-corrected chi connectivity index (χ2v) is 5.01. The molecule has 5 nitrogen and oxygen atoms in total. The lowest BCUT2D eigenvalue weighted by molar-refractivity contribution is 0.599. The minimum absolute atomic E-state index is 0.477. The number of aryl methyl sites for hydroxylation is 1. The van der Waals surface area contributed by atoms with Crippen molar-refractivity contribution in [2.45, 2.75) is 20.8 Å². The molecule has 0 radical (unpaired) electrons. The Morgan fingerprint density at radius 1 is 1.40 bits per heavy atom. The van der Waals surface area contributed by atoms with Crippen LogP contribution in [0.4, 0.5) is 5.82 Å². The molecular formula is C9H19N3O2S. The SMILES string of the molecule is CC.Cc1c(N(C)S(C)(=O)=O)ncn1C. The van der Waals surface area contributed by atoms with E-state index in [9.17, 15) is 8.42 Å². The minimum atomic E-state index is -3.21. The van der Waals surface area contributed by atoms with Crippen molar-refractivity contribution in [2.24, 2.45) is 7.05 Å². The minimum Gasteiger partial charge on any atom is -0.336 e. The predicted octanol–water partition coefficient (Wildman–Crippen LogP) is 1.15. The Bertz CT molecular complexity index is 409. The van der Waals surface area contributed by atoms with E-state index in [1.165, 1.54) is 11.4 Å². The molecule has 0 bridgehead atoms. The van der Waals surface area contributed by atoms with Crippen molar-refractivity contribution in [3.8, 4) is 0 Å². The highest BCUT2D eigenvalue weighted by Gasteiger charge is 2.16. The van der Waals surface area contributed by atoms with E-state index in [1.54, 1.807) is 10.9 Å². The van der Waals surface area contributed by atoms with Crippen molar-refractivity contribution in [3.05, 3.63) is 12.0 Å². The van der Waals surface area contributed by atoms with Gasteiger partial charge in [0.1, 0.15) is 0 Å². The molecular weight excluding hydrogens is 214 g/mol. The van der Waals surface area contributed by atoms with Crippen molar-refractivity contribution in [3.63, 3.8) is 0 Å². The molecule has 1 aromatic heterocycles. The van der Waals surface area contributed by atoms with Gasteiger partial charge in [0.05, 0.1) is 18.3 Å². The summed E-state index contributed by atoms with van der Waals surface area (Å²) in [5.41, 5.74) is 0.827. The van der Waals surface area contributed by atoms with E-state index >= 15 is 0 Å². The first-order valence-electron chi connectivity index (χ1n) is 4.76. The smallest absolute Gasteiger partial charge is 0.233 e. The van der Waals surface area contributed by atoms with E-state index in [4.69, 9.17) is 0 Å². The van der Waals surface area contributed by atoms with Gasteiger partial charge in [0, 0.05) is 14.1 Å². The maximum atomic E-state index is 11.2. The molecule has 0 fully saturated rings. The highest BCUT2D eigenvalue weighted by molar-refractivity contribution is 7.92. The fourth-order valence-corrected chi connectivity index (χ4v) is 1.44. The summed E-state index contributed by atoms with van der Waals surface area (Å²) in [6, 6.07) is 0. The number of nitrogens with zero attached hydrogens (tertiary/aromatic N) is 3. The molecule has 6 heteroatoms. The zero-order valence-electron chi connectivity index (χ0n) is 10.1. The average molecular weight is 233 g/mol. The Balaban J connectivity index is 0.000000921. The number of rotatable bonds is 2. The van der Waals surface area contributed by atoms with Gasteiger partial charge in [0.2, 0.25) is 10.0 Å². The van der Waals surface area contributed by atoms with Crippen molar-refractivity contribution in [1.29, 1.82) is 0 Å². The Morgan fingerprint density at radius 2 is 1.87 bits per heavy atom. The van der Waals surface area contributed by atoms with Gasteiger partial charge in [-0.15, -0.1) is 0 Å². The van der Waals surface area contributed by atoms with Gasteiger partial charge in [0.15, 0.2) is 5.82 Å². The number of sulfonamides is 1. The highest BCUT2D eigenvalue weighted by Crippen LogP contribution is 2.16. The third-order valence-electron chi connectivity index (χ3n) is 2.00. The predicted molar refractivity (Wildman–Crippen MR) is 62.5 cm³/mol. The lowest BCUT2D eigenvalue weighted by Crippen LogP contribution is -2.25. The molecule has 0 unspecified atom stereocenters. The lowest BCUT2D eigenvalue weighted by Gasteiger charge is -2.14. The molecule has 15 heavy (non-hydrogen) atoms. The topological polar surface area (TPSA) is 55.2 Å². The van der Waals surface area contributed by atoms with E-state index in [2.05, 4.69) is 4.98 Å². The summed E-state index contributed by atoms with van der Waals surface area (Å²) >= 11 is 0. The molecule has 0 saturated carbocycles. The zero-order chi connectivity index (χ0) is 12.2. The van der Waals surface area contributed by atoms with Gasteiger partial charge in [-0.05, 0) is 6.92 Å². The monoisotopic (exact) mass is 233 g/mol. The number of hydrogen-bond acceptors (Lipinski definition) is 3. The summed E-state index contributed by atoms with van der Waals surface area (Å²) in [5, 5.41) is 0. The van der Waals surface area contributed by atoms with Crippen molar-refractivity contribution < 1.29 is 8.42 Å². The van der Waals surface area contributed by atoms with Crippen molar-refractivity contribution in [1.82, 2.24) is 9.55 Å². The average Bonchev–Trinajstić information content (AvgIpc) is 2.48. The molecule has 0 N–H and O–H groups in total. The molecule has 1 heterocycles. The van der Waals surface area contributed by atoms with Crippen LogP contribution < -0.4 is 4.31 Å². The number of imidazole rings is 1. The first-order valence-corrected chi connectivity index (χ1v) is 6.60. The molecule has 0 amide bonds. The molecule has 88 valence electrons. The molecule has 0 atom stereocenters. The van der Waals surface area contributed by atoms with Gasteiger partial charge < -0.3 is 4.57 Å². The number of hydrogen-bond donors (Lipinski definition) is 0. The standard InChI is InChI=1S/C7H13N3O2S.C2H6/c1-6-7(8-5-9(6)2)10(3)13(4,11)12;1-2/h5H,1-4H3;1-2H3. The summed E-state index contributed by atoms with van der Waals surface area (Å²) in [6.45, 7) is 5.82. The summed E-state index contributed by atoms with van der Waals surface area (Å²) < 4.78 is 25.3. The first kappa shape index (κ1) is 14.0. The summed E-state index contributed by atoms with van der Waals surface area (Å²) in [6.07, 6.45) is 2.74. The van der Waals surface area contributed by atoms with Gasteiger partial charge in [0.25, 0.3) is 0 Å². The Hall–Kier alpha value is -1.04. The molecule has 1 rings (SSSR count). The fourth-order valence-electron chi connectivity index (χ4n) is 0.945. The Labute approximate surface area is 91.8 Å². The maximum Gasteiger partial charge on any atom is 0.233 e. The summed E-state index contributed by atoms with van der Waals surface area (Å²) in [4.78, 5) is 3.99. The summed E-state index contributed by atoms with van der Waals surface area (Å²) in [5.74, 6) is 0.477. The van der Waals surface area contributed by atoms with Crippen LogP contribution >= 0.6 is 0 Å². The largest absolute Gasteiger partial charge is 0.336 e. The maximum absolute atomic E-state index is 11.2. The van der Waals surface area contributed by atoms with Crippen LogP contribution in [0.1, 0.15) is 19.5 Å². The molecule has 0 aliphatic heterocycles. The van der Waals surface area contributed by atoms with E-state index in [0.717, 1.165) is 11.9 Å². The van der Waals surface area contributed by atoms with Crippen LogP contribution in [0.3, 0.4) is 0 Å². The highest BCUT2D eigenvalue weighted by atomic mass is 32.2. The van der Waals surface area contributed by atoms with Gasteiger partial charge in [-0.1, -0.05) is 13.8 Å². The second kappa shape index (κ2) is 5.16. The zero-order valence-corrected chi connectivity index (χ0v) is 11.0. The van der Waals surface area contributed by atoms with Crippen LogP contribution in [0.25, 0.3) is 0 Å². The van der Waals surface area contributed by atoms with E-state index in [-0.39, 0.29) is 0 Å². The van der Waals surface area contributed by atoms with Crippen LogP contribution in [0, 0.1) is 6.92 Å². The third-order valence-corrected chi connectivity index (χ3v) is 3.17. The number of aromatic nitrogens is 2. The van der Waals surface area contributed by atoms with Crippen LogP contribution in [0.2, 0.25) is 0 Å². The van der Waals surface area contributed by atoms with Gasteiger partial charge in [-0.2, -0.15) is 0 Å². The van der Waals surface area contributed by atoms with E-state index in [1.807, 2.05) is 27.8 Å². The van der Waals surface area contributed by atoms with E-state index < -0.39 is 10.0 Å². The van der Waals surface area contributed by atoms with Crippen LogP contribution in [-0.4, -0.2) is 31.3 Å². The fraction of sp³-hybridized carbons (Fsp3) is 0.667.